The summed E-state index contributed by atoms with van der Waals surface area (Å²) in [6.45, 7) is 0.0886. The number of halogens is 1. The van der Waals surface area contributed by atoms with Crippen LogP contribution in [0.1, 0.15) is 5.56 Å². The summed E-state index contributed by atoms with van der Waals surface area (Å²) in [5.41, 5.74) is 5.72. The third kappa shape index (κ3) is 3.09. The highest BCUT2D eigenvalue weighted by Crippen LogP contribution is 2.34. The van der Waals surface area contributed by atoms with E-state index in [1.165, 1.54) is 37.4 Å². The van der Waals surface area contributed by atoms with Gasteiger partial charge in [-0.3, -0.25) is 10.1 Å². The van der Waals surface area contributed by atoms with Crippen LogP contribution in [0.5, 0.6) is 17.2 Å². The summed E-state index contributed by atoms with van der Waals surface area (Å²) in [6, 6.07) is 8.38. The summed E-state index contributed by atoms with van der Waals surface area (Å²) in [6.07, 6.45) is 0. The molecule has 0 aliphatic heterocycles. The molecule has 7 heteroatoms. The second-order valence-corrected chi connectivity index (χ2v) is 4.13. The van der Waals surface area contributed by atoms with Crippen LogP contribution < -0.4 is 15.2 Å². The Morgan fingerprint density at radius 1 is 1.33 bits per heavy atom. The van der Waals surface area contributed by atoms with Crippen molar-refractivity contribution in [3.8, 4) is 17.2 Å². The Balaban J connectivity index is 2.41. The van der Waals surface area contributed by atoms with Crippen LogP contribution in [0.2, 0.25) is 0 Å². The fourth-order valence-corrected chi connectivity index (χ4v) is 1.82. The highest BCUT2D eigenvalue weighted by molar-refractivity contribution is 5.52. The Kier molecular flexibility index (Phi) is 4.34. The van der Waals surface area contributed by atoms with Crippen LogP contribution in [0.25, 0.3) is 0 Å². The predicted octanol–water partition coefficient (Wildman–Crippen LogP) is 2.99. The average molecular weight is 292 g/mol. The van der Waals surface area contributed by atoms with Gasteiger partial charge in [0.05, 0.1) is 18.1 Å². The van der Waals surface area contributed by atoms with Gasteiger partial charge in [-0.2, -0.15) is 0 Å². The summed E-state index contributed by atoms with van der Waals surface area (Å²) in [5, 5.41) is 11.0. The Labute approximate surface area is 120 Å². The Morgan fingerprint density at radius 3 is 2.71 bits per heavy atom. The van der Waals surface area contributed by atoms with Crippen molar-refractivity contribution in [3.63, 3.8) is 0 Å². The number of nitrogens with two attached hydrogens (primary N) is 1. The monoisotopic (exact) mass is 292 g/mol. The highest BCUT2D eigenvalue weighted by atomic mass is 19.1. The molecule has 2 N–H and O–H groups in total. The molecule has 2 rings (SSSR count). The standard InChI is InChI=1S/C14H13FN2O4/c1-20-13-6-5-10(7-12(13)17(18)19)21-14-9(8-16)3-2-4-11(14)15/h2-7H,8,16H2,1H3. The van der Waals surface area contributed by atoms with Crippen molar-refractivity contribution in [3.05, 3.63) is 57.9 Å². The Morgan fingerprint density at radius 2 is 2.10 bits per heavy atom. The molecule has 0 unspecified atom stereocenters. The van der Waals surface area contributed by atoms with E-state index in [2.05, 4.69) is 0 Å². The summed E-state index contributed by atoms with van der Waals surface area (Å²) in [5.74, 6) is -0.405. The maximum absolute atomic E-state index is 13.8. The van der Waals surface area contributed by atoms with Crippen LogP contribution in [0.3, 0.4) is 0 Å². The van der Waals surface area contributed by atoms with E-state index in [0.29, 0.717) is 5.56 Å². The van der Waals surface area contributed by atoms with Gasteiger partial charge in [0, 0.05) is 12.1 Å². The number of rotatable bonds is 5. The van der Waals surface area contributed by atoms with Crippen LogP contribution in [0.4, 0.5) is 10.1 Å². The van der Waals surface area contributed by atoms with Gasteiger partial charge in [-0.05, 0) is 18.2 Å². The lowest BCUT2D eigenvalue weighted by Gasteiger charge is -2.11. The van der Waals surface area contributed by atoms with Crippen LogP contribution in [-0.4, -0.2) is 12.0 Å². The summed E-state index contributed by atoms with van der Waals surface area (Å²) >= 11 is 0. The first-order chi connectivity index (χ1) is 10.1. The zero-order valence-corrected chi connectivity index (χ0v) is 11.2. The minimum absolute atomic E-state index is 0.0422. The third-order valence-electron chi connectivity index (χ3n) is 2.84. The van der Waals surface area contributed by atoms with Gasteiger partial charge in [-0.15, -0.1) is 0 Å². The van der Waals surface area contributed by atoms with E-state index in [1.807, 2.05) is 0 Å². The predicted molar refractivity (Wildman–Crippen MR) is 74.0 cm³/mol. The molecule has 0 fully saturated rings. The van der Waals surface area contributed by atoms with Crippen molar-refractivity contribution >= 4 is 5.69 Å². The maximum atomic E-state index is 13.8. The highest BCUT2D eigenvalue weighted by Gasteiger charge is 2.17. The molecule has 0 spiro atoms. The summed E-state index contributed by atoms with van der Waals surface area (Å²) in [7, 11) is 1.33. The van der Waals surface area contributed by atoms with Gasteiger partial charge in [0.25, 0.3) is 0 Å². The second-order valence-electron chi connectivity index (χ2n) is 4.13. The third-order valence-corrected chi connectivity index (χ3v) is 2.84. The molecule has 0 aliphatic carbocycles. The van der Waals surface area contributed by atoms with Gasteiger partial charge in [-0.25, -0.2) is 4.39 Å². The fraction of sp³-hybridized carbons (Fsp3) is 0.143. The number of benzene rings is 2. The minimum atomic E-state index is -0.600. The Hall–Kier alpha value is -2.67. The maximum Gasteiger partial charge on any atom is 0.314 e. The van der Waals surface area contributed by atoms with Gasteiger partial charge in [0.1, 0.15) is 5.75 Å². The van der Waals surface area contributed by atoms with Crippen molar-refractivity contribution in [2.24, 2.45) is 5.73 Å². The van der Waals surface area contributed by atoms with E-state index in [4.69, 9.17) is 15.2 Å². The van der Waals surface area contributed by atoms with Crippen LogP contribution in [-0.2, 0) is 6.54 Å². The smallest absolute Gasteiger partial charge is 0.314 e. The lowest BCUT2D eigenvalue weighted by Crippen LogP contribution is -2.01. The first-order valence-corrected chi connectivity index (χ1v) is 6.04. The first kappa shape index (κ1) is 14.7. The molecule has 2 aromatic rings. The first-order valence-electron chi connectivity index (χ1n) is 6.04. The van der Waals surface area contributed by atoms with E-state index in [9.17, 15) is 14.5 Å². The molecule has 0 radical (unpaired) electrons. The van der Waals surface area contributed by atoms with Crippen molar-refractivity contribution < 1.29 is 18.8 Å². The van der Waals surface area contributed by atoms with Crippen LogP contribution >= 0.6 is 0 Å². The fourth-order valence-electron chi connectivity index (χ4n) is 1.82. The number of nitro groups is 1. The molecular formula is C14H13FN2O4. The zero-order valence-electron chi connectivity index (χ0n) is 11.2. The largest absolute Gasteiger partial charge is 0.490 e. The lowest BCUT2D eigenvalue weighted by molar-refractivity contribution is -0.385. The molecule has 0 aliphatic rings. The van der Waals surface area contributed by atoms with E-state index in [1.54, 1.807) is 6.07 Å². The quantitative estimate of drug-likeness (QED) is 0.676. The zero-order chi connectivity index (χ0) is 15.4. The van der Waals surface area contributed by atoms with Gasteiger partial charge in [0.2, 0.25) is 0 Å². The molecule has 21 heavy (non-hydrogen) atoms. The van der Waals surface area contributed by atoms with E-state index in [-0.39, 0.29) is 29.5 Å². The second kappa shape index (κ2) is 6.19. The van der Waals surface area contributed by atoms with E-state index < -0.39 is 10.7 Å². The van der Waals surface area contributed by atoms with Gasteiger partial charge in [0.15, 0.2) is 17.3 Å². The van der Waals surface area contributed by atoms with Crippen molar-refractivity contribution in [2.45, 2.75) is 6.54 Å². The van der Waals surface area contributed by atoms with Crippen molar-refractivity contribution in [1.29, 1.82) is 0 Å². The number of nitro benzene ring substituents is 1. The van der Waals surface area contributed by atoms with Crippen LogP contribution in [0.15, 0.2) is 36.4 Å². The van der Waals surface area contributed by atoms with Gasteiger partial charge < -0.3 is 15.2 Å². The molecule has 0 amide bonds. The average Bonchev–Trinajstić information content (AvgIpc) is 2.49. The number of hydrogen-bond acceptors (Lipinski definition) is 5. The topological polar surface area (TPSA) is 87.6 Å². The lowest BCUT2D eigenvalue weighted by atomic mass is 10.2. The van der Waals surface area contributed by atoms with Crippen molar-refractivity contribution in [1.82, 2.24) is 0 Å². The van der Waals surface area contributed by atoms with Crippen LogP contribution in [0, 0.1) is 15.9 Å². The number of para-hydroxylation sites is 1. The SMILES string of the molecule is COc1ccc(Oc2c(F)cccc2CN)cc1[N+](=O)[O-]. The minimum Gasteiger partial charge on any atom is -0.490 e. The molecule has 0 saturated heterocycles. The number of nitrogens with zero attached hydrogens (tertiary/aromatic N) is 1. The van der Waals surface area contributed by atoms with E-state index >= 15 is 0 Å². The summed E-state index contributed by atoms with van der Waals surface area (Å²) < 4.78 is 24.1. The van der Waals surface area contributed by atoms with Gasteiger partial charge in [-0.1, -0.05) is 12.1 Å². The number of hydrogen-bond donors (Lipinski definition) is 1. The Bertz CT molecular complexity index is 676. The molecule has 0 saturated carbocycles. The number of methoxy groups -OCH3 is 1. The molecule has 0 bridgehead atoms. The summed E-state index contributed by atoms with van der Waals surface area (Å²) in [4.78, 5) is 10.4. The van der Waals surface area contributed by atoms with Crippen molar-refractivity contribution in [2.75, 3.05) is 7.11 Å². The molecule has 0 aromatic heterocycles. The normalized spacial score (nSPS) is 10.2. The van der Waals surface area contributed by atoms with E-state index in [0.717, 1.165) is 0 Å². The molecule has 0 atom stereocenters. The molecule has 0 heterocycles. The molecular weight excluding hydrogens is 279 g/mol. The molecule has 2 aromatic carbocycles. The molecule has 6 nitrogen and oxygen atoms in total. The number of ether oxygens (including phenoxy) is 2. The molecule has 110 valence electrons. The van der Waals surface area contributed by atoms with Gasteiger partial charge >= 0.3 is 5.69 Å².